The van der Waals surface area contributed by atoms with Crippen molar-refractivity contribution in [1.82, 2.24) is 5.32 Å². The van der Waals surface area contributed by atoms with Crippen molar-refractivity contribution < 1.29 is 13.9 Å². The zero-order valence-electron chi connectivity index (χ0n) is 13.3. The van der Waals surface area contributed by atoms with Gasteiger partial charge in [-0.2, -0.15) is 0 Å². The highest BCUT2D eigenvalue weighted by Crippen LogP contribution is 2.22. The fourth-order valence-electron chi connectivity index (χ4n) is 1.83. The van der Waals surface area contributed by atoms with Crippen LogP contribution in [0.5, 0.6) is 11.5 Å². The summed E-state index contributed by atoms with van der Waals surface area (Å²) in [6.07, 6.45) is 0. The van der Waals surface area contributed by atoms with Crippen LogP contribution in [0.4, 0.5) is 4.39 Å². The molecule has 0 unspecified atom stereocenters. The maximum atomic E-state index is 12.8. The Morgan fingerprint density at radius 1 is 1.09 bits per heavy atom. The molecule has 3 N–H and O–H groups in total. The molecule has 2 aromatic rings. The van der Waals surface area contributed by atoms with Gasteiger partial charge >= 0.3 is 0 Å². The molecule has 0 spiro atoms. The van der Waals surface area contributed by atoms with Crippen molar-refractivity contribution in [2.75, 3.05) is 6.54 Å². The summed E-state index contributed by atoms with van der Waals surface area (Å²) in [5, 5.41) is 2.86. The molecular formula is C18H21FN2O2. The van der Waals surface area contributed by atoms with Crippen molar-refractivity contribution in [3.63, 3.8) is 0 Å². The van der Waals surface area contributed by atoms with E-state index in [1.165, 1.54) is 12.1 Å². The standard InChI is InChI=1S/C18H21FN2O2/c1-18(2,12-20)17(22)21-11-13-3-7-15(8-4-13)23-16-9-5-14(19)6-10-16/h3-10H,11-12,20H2,1-2H3,(H,21,22). The maximum Gasteiger partial charge on any atom is 0.227 e. The number of nitrogens with two attached hydrogens (primary N) is 1. The molecule has 0 bridgehead atoms. The summed E-state index contributed by atoms with van der Waals surface area (Å²) in [5.41, 5.74) is 5.96. The van der Waals surface area contributed by atoms with Crippen LogP contribution in [0.2, 0.25) is 0 Å². The van der Waals surface area contributed by atoms with Crippen LogP contribution in [0.1, 0.15) is 19.4 Å². The van der Waals surface area contributed by atoms with Crippen LogP contribution in [-0.2, 0) is 11.3 Å². The maximum absolute atomic E-state index is 12.8. The Morgan fingerprint density at radius 3 is 2.13 bits per heavy atom. The van der Waals surface area contributed by atoms with Crippen LogP contribution < -0.4 is 15.8 Å². The number of rotatable bonds is 6. The van der Waals surface area contributed by atoms with Gasteiger partial charge < -0.3 is 15.8 Å². The van der Waals surface area contributed by atoms with Crippen LogP contribution in [0.15, 0.2) is 48.5 Å². The average molecular weight is 316 g/mol. The summed E-state index contributed by atoms with van der Waals surface area (Å²) in [4.78, 5) is 12.0. The van der Waals surface area contributed by atoms with Crippen molar-refractivity contribution in [2.24, 2.45) is 11.1 Å². The molecule has 0 aliphatic heterocycles. The number of halogens is 1. The minimum Gasteiger partial charge on any atom is -0.457 e. The molecule has 0 radical (unpaired) electrons. The average Bonchev–Trinajstić information content (AvgIpc) is 2.56. The lowest BCUT2D eigenvalue weighted by Crippen LogP contribution is -2.41. The first-order chi connectivity index (χ1) is 10.9. The number of nitrogens with one attached hydrogen (secondary N) is 1. The number of ether oxygens (including phenoxy) is 1. The van der Waals surface area contributed by atoms with Gasteiger partial charge in [0.2, 0.25) is 5.91 Å². The van der Waals surface area contributed by atoms with Crippen molar-refractivity contribution in [2.45, 2.75) is 20.4 Å². The van der Waals surface area contributed by atoms with Crippen LogP contribution >= 0.6 is 0 Å². The minimum atomic E-state index is -0.578. The Kier molecular flexibility index (Phi) is 5.34. The topological polar surface area (TPSA) is 64.4 Å². The molecule has 0 aromatic heterocycles. The van der Waals surface area contributed by atoms with E-state index in [1.807, 2.05) is 26.0 Å². The minimum absolute atomic E-state index is 0.0772. The summed E-state index contributed by atoms with van der Waals surface area (Å²) in [6, 6.07) is 13.2. The van der Waals surface area contributed by atoms with Crippen LogP contribution in [0.3, 0.4) is 0 Å². The highest BCUT2D eigenvalue weighted by Gasteiger charge is 2.25. The summed E-state index contributed by atoms with van der Waals surface area (Å²) < 4.78 is 18.5. The fraction of sp³-hybridized carbons (Fsp3) is 0.278. The van der Waals surface area contributed by atoms with Crippen LogP contribution in [-0.4, -0.2) is 12.5 Å². The van der Waals surface area contributed by atoms with E-state index in [1.54, 1.807) is 24.3 Å². The number of carbonyl (C=O) groups is 1. The summed E-state index contributed by atoms with van der Waals surface area (Å²) in [5.74, 6) is 0.835. The number of hydrogen-bond acceptors (Lipinski definition) is 3. The molecule has 0 saturated heterocycles. The number of amides is 1. The molecule has 0 heterocycles. The summed E-state index contributed by atoms with van der Waals surface area (Å²) in [7, 11) is 0. The first-order valence-corrected chi connectivity index (χ1v) is 7.41. The molecule has 0 aliphatic rings. The zero-order valence-corrected chi connectivity index (χ0v) is 13.3. The molecule has 2 aromatic carbocycles. The molecule has 1 amide bonds. The molecule has 0 atom stereocenters. The quantitative estimate of drug-likeness (QED) is 0.860. The Labute approximate surface area is 135 Å². The second kappa shape index (κ2) is 7.24. The van der Waals surface area contributed by atoms with E-state index in [0.29, 0.717) is 24.6 Å². The Bertz CT molecular complexity index is 652. The zero-order chi connectivity index (χ0) is 16.9. The third-order valence-electron chi connectivity index (χ3n) is 3.55. The Morgan fingerprint density at radius 2 is 1.61 bits per heavy atom. The summed E-state index contributed by atoms with van der Waals surface area (Å²) >= 11 is 0. The number of carbonyl (C=O) groups excluding carboxylic acids is 1. The number of benzene rings is 2. The van der Waals surface area contributed by atoms with Gasteiger partial charge in [-0.15, -0.1) is 0 Å². The lowest BCUT2D eigenvalue weighted by Gasteiger charge is -2.21. The van der Waals surface area contributed by atoms with Gasteiger partial charge in [-0.1, -0.05) is 12.1 Å². The lowest BCUT2D eigenvalue weighted by atomic mass is 9.92. The molecular weight excluding hydrogens is 295 g/mol. The van der Waals surface area contributed by atoms with Gasteiger partial charge in [0.25, 0.3) is 0 Å². The normalized spacial score (nSPS) is 11.1. The molecule has 122 valence electrons. The molecule has 23 heavy (non-hydrogen) atoms. The fourth-order valence-corrected chi connectivity index (χ4v) is 1.83. The third kappa shape index (κ3) is 4.79. The van der Waals surface area contributed by atoms with Crippen molar-refractivity contribution >= 4 is 5.91 Å². The van der Waals surface area contributed by atoms with E-state index in [0.717, 1.165) is 5.56 Å². The van der Waals surface area contributed by atoms with Gasteiger partial charge in [0.1, 0.15) is 17.3 Å². The predicted molar refractivity (Wildman–Crippen MR) is 87.6 cm³/mol. The lowest BCUT2D eigenvalue weighted by molar-refractivity contribution is -0.129. The smallest absolute Gasteiger partial charge is 0.227 e. The van der Waals surface area contributed by atoms with Crippen molar-refractivity contribution in [3.8, 4) is 11.5 Å². The van der Waals surface area contributed by atoms with Gasteiger partial charge in [0.05, 0.1) is 5.41 Å². The SMILES string of the molecule is CC(C)(CN)C(=O)NCc1ccc(Oc2ccc(F)cc2)cc1. The molecule has 2 rings (SSSR count). The van der Waals surface area contributed by atoms with Gasteiger partial charge in [-0.05, 0) is 55.8 Å². The van der Waals surface area contributed by atoms with E-state index in [2.05, 4.69) is 5.32 Å². The molecule has 0 fully saturated rings. The first-order valence-electron chi connectivity index (χ1n) is 7.41. The van der Waals surface area contributed by atoms with Gasteiger partial charge in [0.15, 0.2) is 0 Å². The third-order valence-corrected chi connectivity index (χ3v) is 3.55. The van der Waals surface area contributed by atoms with E-state index < -0.39 is 5.41 Å². The van der Waals surface area contributed by atoms with Gasteiger partial charge in [-0.25, -0.2) is 4.39 Å². The molecule has 5 heteroatoms. The monoisotopic (exact) mass is 316 g/mol. The molecule has 4 nitrogen and oxygen atoms in total. The van der Waals surface area contributed by atoms with Crippen molar-refractivity contribution in [1.29, 1.82) is 0 Å². The second-order valence-electron chi connectivity index (χ2n) is 5.97. The predicted octanol–water partition coefficient (Wildman–Crippen LogP) is 3.22. The van der Waals surface area contributed by atoms with Gasteiger partial charge in [0, 0.05) is 13.1 Å². The second-order valence-corrected chi connectivity index (χ2v) is 5.97. The highest BCUT2D eigenvalue weighted by atomic mass is 19.1. The van der Waals surface area contributed by atoms with E-state index >= 15 is 0 Å². The van der Waals surface area contributed by atoms with Crippen molar-refractivity contribution in [3.05, 3.63) is 59.9 Å². The molecule has 0 saturated carbocycles. The number of hydrogen-bond donors (Lipinski definition) is 2. The first kappa shape index (κ1) is 17.0. The van der Waals surface area contributed by atoms with E-state index in [4.69, 9.17) is 10.5 Å². The Hall–Kier alpha value is -2.40. The van der Waals surface area contributed by atoms with Crippen LogP contribution in [0, 0.1) is 11.2 Å². The molecule has 0 aliphatic carbocycles. The highest BCUT2D eigenvalue weighted by molar-refractivity contribution is 5.82. The van der Waals surface area contributed by atoms with Crippen LogP contribution in [0.25, 0.3) is 0 Å². The summed E-state index contributed by atoms with van der Waals surface area (Å²) in [6.45, 7) is 4.34. The largest absolute Gasteiger partial charge is 0.457 e. The van der Waals surface area contributed by atoms with E-state index in [-0.39, 0.29) is 11.7 Å². The van der Waals surface area contributed by atoms with Gasteiger partial charge in [-0.3, -0.25) is 4.79 Å². The van der Waals surface area contributed by atoms with E-state index in [9.17, 15) is 9.18 Å². The Balaban J connectivity index is 1.92.